The zero-order valence-corrected chi connectivity index (χ0v) is 18.9. The lowest BCUT2D eigenvalue weighted by Gasteiger charge is -2.17. The maximum Gasteiger partial charge on any atom is 0.251 e. The summed E-state index contributed by atoms with van der Waals surface area (Å²) < 4.78 is 1.64. The summed E-state index contributed by atoms with van der Waals surface area (Å²) in [5, 5.41) is 18.9. The Morgan fingerprint density at radius 1 is 1.18 bits per heavy atom. The molecule has 168 valence electrons. The van der Waals surface area contributed by atoms with Crippen molar-refractivity contribution in [1.82, 2.24) is 14.9 Å². The number of hydrogen-bond acceptors (Lipinski definition) is 4. The van der Waals surface area contributed by atoms with E-state index in [-0.39, 0.29) is 11.8 Å². The lowest BCUT2D eigenvalue weighted by molar-refractivity contribution is 0.0953. The van der Waals surface area contributed by atoms with E-state index in [0.29, 0.717) is 28.2 Å². The van der Waals surface area contributed by atoms with E-state index in [1.165, 1.54) is 5.56 Å². The number of aryl methyl sites for hydroxylation is 2. The minimum Gasteiger partial charge on any atom is -0.494 e. The largest absolute Gasteiger partial charge is 0.494 e. The molecule has 4 aromatic rings. The molecule has 6 nitrogen and oxygen atoms in total. The van der Waals surface area contributed by atoms with Crippen molar-refractivity contribution in [3.63, 3.8) is 0 Å². The van der Waals surface area contributed by atoms with Gasteiger partial charge in [0.2, 0.25) is 5.88 Å². The number of pyridine rings is 1. The van der Waals surface area contributed by atoms with Crippen LogP contribution in [0, 0.1) is 0 Å². The number of nitrogens with one attached hydrogen (secondary N) is 2. The number of halogens is 1. The van der Waals surface area contributed by atoms with Crippen LogP contribution in [0.2, 0.25) is 5.02 Å². The van der Waals surface area contributed by atoms with Crippen LogP contribution < -0.4 is 10.6 Å². The molecular weight excluding hydrogens is 436 g/mol. The molecule has 0 saturated carbocycles. The van der Waals surface area contributed by atoms with Crippen molar-refractivity contribution in [2.45, 2.75) is 25.7 Å². The predicted octanol–water partition coefficient (Wildman–Crippen LogP) is 5.11. The standard InChI is InChI=1S/C26H25ClN4O2/c27-22-10-2-6-19-16-31(26(33)23(19)22)21-9-1-5-18(15-21)25(32)29-14-4-8-20-12-11-17-7-3-13-28-24(17)30-20/h1-2,5-6,9-12,15-16,33H,3-4,7-8,13-14H2,(H,28,30)(H,29,32). The summed E-state index contributed by atoms with van der Waals surface area (Å²) >= 11 is 6.25. The molecule has 0 aliphatic carbocycles. The maximum atomic E-state index is 12.7. The van der Waals surface area contributed by atoms with Crippen molar-refractivity contribution in [2.75, 3.05) is 18.4 Å². The molecule has 0 bridgehead atoms. The van der Waals surface area contributed by atoms with Crippen LogP contribution in [0.25, 0.3) is 16.5 Å². The van der Waals surface area contributed by atoms with Crippen molar-refractivity contribution in [1.29, 1.82) is 0 Å². The number of aromatic nitrogens is 2. The molecule has 2 aromatic heterocycles. The van der Waals surface area contributed by atoms with Gasteiger partial charge in [0.05, 0.1) is 10.4 Å². The van der Waals surface area contributed by atoms with E-state index in [1.54, 1.807) is 28.8 Å². The van der Waals surface area contributed by atoms with E-state index in [4.69, 9.17) is 16.6 Å². The molecule has 0 atom stereocenters. The van der Waals surface area contributed by atoms with Crippen molar-refractivity contribution in [3.8, 4) is 11.6 Å². The molecule has 0 saturated heterocycles. The Kier molecular flexibility index (Phi) is 5.92. The lowest BCUT2D eigenvalue weighted by atomic mass is 10.1. The highest BCUT2D eigenvalue weighted by molar-refractivity contribution is 6.36. The highest BCUT2D eigenvalue weighted by Crippen LogP contribution is 2.35. The smallest absolute Gasteiger partial charge is 0.251 e. The fraction of sp³-hybridized carbons (Fsp3) is 0.231. The van der Waals surface area contributed by atoms with Crippen LogP contribution in [0.3, 0.4) is 0 Å². The van der Waals surface area contributed by atoms with E-state index in [1.807, 2.05) is 24.4 Å². The van der Waals surface area contributed by atoms with E-state index >= 15 is 0 Å². The van der Waals surface area contributed by atoms with Gasteiger partial charge < -0.3 is 15.7 Å². The van der Waals surface area contributed by atoms with E-state index in [0.717, 1.165) is 49.1 Å². The minimum atomic E-state index is -0.147. The highest BCUT2D eigenvalue weighted by Gasteiger charge is 2.14. The molecule has 7 heteroatoms. The fourth-order valence-corrected chi connectivity index (χ4v) is 4.55. The minimum absolute atomic E-state index is 0.0557. The third-order valence-corrected chi connectivity index (χ3v) is 6.31. The molecule has 0 radical (unpaired) electrons. The van der Waals surface area contributed by atoms with Crippen LogP contribution in [0.5, 0.6) is 5.88 Å². The number of benzene rings is 2. The van der Waals surface area contributed by atoms with Crippen molar-refractivity contribution in [2.24, 2.45) is 0 Å². The Bertz CT molecular complexity index is 1330. The summed E-state index contributed by atoms with van der Waals surface area (Å²) in [6.45, 7) is 1.53. The SMILES string of the molecule is O=C(NCCCc1ccc2c(n1)NCCC2)c1cccc(-n2cc3cccc(Cl)c3c2O)c1. The average Bonchev–Trinajstić information content (AvgIpc) is 3.19. The first-order valence-electron chi connectivity index (χ1n) is 11.2. The van der Waals surface area contributed by atoms with Crippen molar-refractivity contribution >= 4 is 34.1 Å². The summed E-state index contributed by atoms with van der Waals surface area (Å²) in [6.07, 6.45) is 5.65. The first kappa shape index (κ1) is 21.3. The number of anilines is 1. The van der Waals surface area contributed by atoms with Crippen LogP contribution in [0.1, 0.15) is 34.5 Å². The number of nitrogens with zero attached hydrogens (tertiary/aromatic N) is 2. The van der Waals surface area contributed by atoms with Gasteiger partial charge >= 0.3 is 0 Å². The molecule has 0 fully saturated rings. The van der Waals surface area contributed by atoms with E-state index in [9.17, 15) is 9.90 Å². The number of fused-ring (bicyclic) bond motifs is 2. The van der Waals surface area contributed by atoms with Crippen LogP contribution in [-0.2, 0) is 12.8 Å². The second-order valence-electron chi connectivity index (χ2n) is 8.28. The van der Waals surface area contributed by atoms with E-state index < -0.39 is 0 Å². The Balaban J connectivity index is 1.23. The van der Waals surface area contributed by atoms with Crippen LogP contribution >= 0.6 is 11.6 Å². The highest BCUT2D eigenvalue weighted by atomic mass is 35.5. The summed E-state index contributed by atoms with van der Waals surface area (Å²) in [6, 6.07) is 16.9. The van der Waals surface area contributed by atoms with Gasteiger partial charge in [-0.05, 0) is 61.6 Å². The third-order valence-electron chi connectivity index (χ3n) is 6.00. The van der Waals surface area contributed by atoms with Gasteiger partial charge in [0.25, 0.3) is 5.91 Å². The normalized spacial score (nSPS) is 12.9. The number of amides is 1. The predicted molar refractivity (Wildman–Crippen MR) is 132 cm³/mol. The zero-order valence-electron chi connectivity index (χ0n) is 18.1. The Labute approximate surface area is 197 Å². The molecule has 1 amide bonds. The van der Waals surface area contributed by atoms with Gasteiger partial charge in [0.15, 0.2) is 0 Å². The Morgan fingerprint density at radius 2 is 2.06 bits per heavy atom. The first-order chi connectivity index (χ1) is 16.1. The van der Waals surface area contributed by atoms with Crippen LogP contribution in [0.15, 0.2) is 60.8 Å². The molecule has 1 aliphatic heterocycles. The van der Waals surface area contributed by atoms with Crippen LogP contribution in [-0.4, -0.2) is 33.7 Å². The number of carbonyl (C=O) groups is 1. The number of rotatable bonds is 6. The maximum absolute atomic E-state index is 12.7. The molecule has 0 unspecified atom stereocenters. The van der Waals surface area contributed by atoms with Gasteiger partial charge in [-0.3, -0.25) is 9.36 Å². The fourth-order valence-electron chi connectivity index (χ4n) is 4.28. The Hall–Kier alpha value is -3.51. The van der Waals surface area contributed by atoms with Gasteiger partial charge in [-0.25, -0.2) is 4.98 Å². The molecular formula is C26H25ClN4O2. The molecule has 2 aromatic carbocycles. The molecule has 3 N–H and O–H groups in total. The number of aromatic hydroxyl groups is 1. The first-order valence-corrected chi connectivity index (χ1v) is 11.6. The zero-order chi connectivity index (χ0) is 22.8. The summed E-state index contributed by atoms with van der Waals surface area (Å²) in [7, 11) is 0. The number of hydrogen-bond donors (Lipinski definition) is 3. The van der Waals surface area contributed by atoms with Crippen molar-refractivity contribution in [3.05, 3.63) is 82.6 Å². The molecule has 3 heterocycles. The van der Waals surface area contributed by atoms with Gasteiger partial charge in [0.1, 0.15) is 5.82 Å². The van der Waals surface area contributed by atoms with Crippen LogP contribution in [0.4, 0.5) is 5.82 Å². The van der Waals surface area contributed by atoms with Crippen molar-refractivity contribution < 1.29 is 9.90 Å². The van der Waals surface area contributed by atoms with Gasteiger partial charge in [-0.15, -0.1) is 0 Å². The van der Waals surface area contributed by atoms with Gasteiger partial charge in [-0.1, -0.05) is 35.9 Å². The van der Waals surface area contributed by atoms with E-state index in [2.05, 4.69) is 22.8 Å². The van der Waals surface area contributed by atoms with Gasteiger partial charge in [-0.2, -0.15) is 0 Å². The topological polar surface area (TPSA) is 79.2 Å². The quantitative estimate of drug-likeness (QED) is 0.349. The lowest BCUT2D eigenvalue weighted by Crippen LogP contribution is -2.25. The second kappa shape index (κ2) is 9.16. The average molecular weight is 461 g/mol. The molecule has 5 rings (SSSR count). The third kappa shape index (κ3) is 4.39. The Morgan fingerprint density at radius 3 is 2.94 bits per heavy atom. The summed E-state index contributed by atoms with van der Waals surface area (Å²) in [5.74, 6) is 0.910. The molecule has 33 heavy (non-hydrogen) atoms. The summed E-state index contributed by atoms with van der Waals surface area (Å²) in [5.41, 5.74) is 3.54. The number of carbonyl (C=O) groups excluding carboxylic acids is 1. The second-order valence-corrected chi connectivity index (χ2v) is 8.68. The monoisotopic (exact) mass is 460 g/mol. The summed E-state index contributed by atoms with van der Waals surface area (Å²) in [4.78, 5) is 17.4. The molecule has 0 spiro atoms. The molecule has 1 aliphatic rings. The van der Waals surface area contributed by atoms with Gasteiger partial charge in [0, 0.05) is 41.6 Å².